The van der Waals surface area contributed by atoms with Gasteiger partial charge in [-0.15, -0.1) is 0 Å². The second kappa shape index (κ2) is 13.8. The Hall–Kier alpha value is -3.93. The predicted octanol–water partition coefficient (Wildman–Crippen LogP) is 4.81. The third-order valence-corrected chi connectivity index (χ3v) is 8.19. The van der Waals surface area contributed by atoms with E-state index in [0.717, 1.165) is 88.0 Å². The van der Waals surface area contributed by atoms with E-state index in [0.29, 0.717) is 24.0 Å². The molecule has 44 heavy (non-hydrogen) atoms. The van der Waals surface area contributed by atoms with Crippen LogP contribution in [0.2, 0.25) is 0 Å². The van der Waals surface area contributed by atoms with Gasteiger partial charge in [-0.1, -0.05) is 12.8 Å². The molecule has 0 bridgehead atoms. The first-order valence-electron chi connectivity index (χ1n) is 15.8. The van der Waals surface area contributed by atoms with E-state index in [4.69, 9.17) is 9.72 Å². The second-order valence-corrected chi connectivity index (χ2v) is 13.0. The number of hydrogen-bond acceptors (Lipinski definition) is 9. The maximum absolute atomic E-state index is 13.0. The Kier molecular flexibility index (Phi) is 9.87. The number of hydrogen-bond donors (Lipinski definition) is 2. The van der Waals surface area contributed by atoms with E-state index in [2.05, 4.69) is 41.0 Å². The molecule has 1 saturated heterocycles. The Morgan fingerprint density at radius 3 is 2.43 bits per heavy atom. The summed E-state index contributed by atoms with van der Waals surface area (Å²) in [5.74, 6) is 1.12. The molecule has 3 aromatic rings. The third kappa shape index (κ3) is 7.96. The Balaban J connectivity index is 1.12. The highest BCUT2D eigenvalue weighted by Crippen LogP contribution is 2.35. The number of carbonyl (C=O) groups excluding carboxylic acids is 2. The molecular weight excluding hydrogens is 558 g/mol. The molecule has 1 saturated carbocycles. The standard InChI is InChI=1S/C32H47N9O3/c1-32(2,3)44-31(43)33-14-8-9-15-39-16-18-40(19-17-39)25-12-13-27(34-22-25)36-30-35-21-23-20-26(29(42)38(4)5)41(28(23)37-30)24-10-6-7-11-24/h12-13,20-22,24H,6-11,14-19H2,1-5H3,(H,33,43)(H,34,35,36,37). The van der Waals surface area contributed by atoms with Gasteiger partial charge in [0.2, 0.25) is 5.95 Å². The Morgan fingerprint density at radius 2 is 1.77 bits per heavy atom. The van der Waals surface area contributed by atoms with Crippen LogP contribution < -0.4 is 15.5 Å². The lowest BCUT2D eigenvalue weighted by atomic mass is 10.2. The zero-order chi connectivity index (χ0) is 31.3. The molecule has 0 radical (unpaired) electrons. The van der Waals surface area contributed by atoms with E-state index in [1.54, 1.807) is 25.2 Å². The molecule has 1 aliphatic carbocycles. The number of nitrogens with zero attached hydrogens (tertiary/aromatic N) is 7. The molecule has 0 aromatic carbocycles. The number of aromatic nitrogens is 4. The second-order valence-electron chi connectivity index (χ2n) is 13.0. The third-order valence-electron chi connectivity index (χ3n) is 8.19. The smallest absolute Gasteiger partial charge is 0.407 e. The number of nitrogens with one attached hydrogen (secondary N) is 2. The Morgan fingerprint density at radius 1 is 1.02 bits per heavy atom. The fraction of sp³-hybridized carbons (Fsp3) is 0.594. The molecule has 3 aromatic heterocycles. The summed E-state index contributed by atoms with van der Waals surface area (Å²) in [5, 5.41) is 6.96. The van der Waals surface area contributed by atoms with Crippen LogP contribution in [0.3, 0.4) is 0 Å². The number of rotatable bonds is 10. The number of alkyl carbamates (subject to hydrolysis) is 1. The Labute approximate surface area is 260 Å². The maximum Gasteiger partial charge on any atom is 0.407 e. The van der Waals surface area contributed by atoms with Gasteiger partial charge in [-0.2, -0.15) is 4.98 Å². The fourth-order valence-corrected chi connectivity index (χ4v) is 5.95. The predicted molar refractivity (Wildman–Crippen MR) is 173 cm³/mol. The number of carbonyl (C=O) groups is 2. The summed E-state index contributed by atoms with van der Waals surface area (Å²) in [6.45, 7) is 11.1. The molecule has 0 atom stereocenters. The summed E-state index contributed by atoms with van der Waals surface area (Å²) in [5.41, 5.74) is 2.07. The minimum atomic E-state index is -0.471. The van der Waals surface area contributed by atoms with Crippen molar-refractivity contribution in [3.05, 3.63) is 36.3 Å². The molecule has 2 N–H and O–H groups in total. The molecule has 1 aliphatic heterocycles. The lowest BCUT2D eigenvalue weighted by Gasteiger charge is -2.36. The van der Waals surface area contributed by atoms with Crippen LogP contribution in [-0.4, -0.2) is 100 Å². The maximum atomic E-state index is 13.0. The molecule has 0 spiro atoms. The van der Waals surface area contributed by atoms with Gasteiger partial charge in [-0.05, 0) is 71.2 Å². The van der Waals surface area contributed by atoms with Crippen LogP contribution in [0.25, 0.3) is 11.0 Å². The lowest BCUT2D eigenvalue weighted by Crippen LogP contribution is -2.46. The van der Waals surface area contributed by atoms with Crippen LogP contribution in [0.5, 0.6) is 0 Å². The van der Waals surface area contributed by atoms with Gasteiger partial charge in [0.15, 0.2) is 0 Å². The topological polar surface area (TPSA) is 121 Å². The first-order valence-corrected chi connectivity index (χ1v) is 15.8. The molecule has 2 fully saturated rings. The SMILES string of the molecule is CN(C)C(=O)c1cc2cnc(Nc3ccc(N4CCN(CCCCNC(=O)OC(C)(C)C)CC4)cn3)nc2n1C1CCCC1. The summed E-state index contributed by atoms with van der Waals surface area (Å²) >= 11 is 0. The highest BCUT2D eigenvalue weighted by atomic mass is 16.6. The van der Waals surface area contributed by atoms with E-state index in [1.165, 1.54) is 0 Å². The summed E-state index contributed by atoms with van der Waals surface area (Å²) in [6.07, 6.45) is 9.72. The van der Waals surface area contributed by atoms with Crippen LogP contribution in [0.4, 0.5) is 22.2 Å². The Bertz CT molecular complexity index is 1420. The number of unbranched alkanes of at least 4 members (excludes halogenated alkanes) is 1. The van der Waals surface area contributed by atoms with Gasteiger partial charge in [-0.25, -0.2) is 14.8 Å². The minimum Gasteiger partial charge on any atom is -0.444 e. The number of fused-ring (bicyclic) bond motifs is 1. The quantitative estimate of drug-likeness (QED) is 0.314. The van der Waals surface area contributed by atoms with Gasteiger partial charge in [0.1, 0.15) is 22.8 Å². The van der Waals surface area contributed by atoms with Crippen LogP contribution in [0.15, 0.2) is 30.6 Å². The summed E-state index contributed by atoms with van der Waals surface area (Å²) in [7, 11) is 3.56. The van der Waals surface area contributed by atoms with Crippen LogP contribution in [0, 0.1) is 0 Å². The first kappa shape index (κ1) is 31.5. The molecule has 2 amide bonds. The number of amides is 2. The van der Waals surface area contributed by atoms with Crippen molar-refractivity contribution in [3.63, 3.8) is 0 Å². The van der Waals surface area contributed by atoms with Crippen LogP contribution in [-0.2, 0) is 4.74 Å². The molecule has 238 valence electrons. The zero-order valence-corrected chi connectivity index (χ0v) is 26.8. The van der Waals surface area contributed by atoms with Crippen LogP contribution >= 0.6 is 0 Å². The van der Waals surface area contributed by atoms with Gasteiger partial charge >= 0.3 is 6.09 Å². The van der Waals surface area contributed by atoms with E-state index in [1.807, 2.05) is 39.1 Å². The van der Waals surface area contributed by atoms with Crippen molar-refractivity contribution in [2.45, 2.75) is 70.9 Å². The van der Waals surface area contributed by atoms with Crippen molar-refractivity contribution in [1.29, 1.82) is 0 Å². The van der Waals surface area contributed by atoms with E-state index in [-0.39, 0.29) is 18.0 Å². The van der Waals surface area contributed by atoms with E-state index in [9.17, 15) is 9.59 Å². The van der Waals surface area contributed by atoms with E-state index >= 15 is 0 Å². The lowest BCUT2D eigenvalue weighted by molar-refractivity contribution is 0.0526. The molecule has 12 heteroatoms. The summed E-state index contributed by atoms with van der Waals surface area (Å²) < 4.78 is 7.40. The number of anilines is 3. The largest absolute Gasteiger partial charge is 0.444 e. The molecule has 2 aliphatic rings. The van der Waals surface area contributed by atoms with Gasteiger partial charge in [-0.3, -0.25) is 9.69 Å². The molecular formula is C32H47N9O3. The van der Waals surface area contributed by atoms with Crippen molar-refractivity contribution in [2.24, 2.45) is 0 Å². The number of piperazine rings is 1. The highest BCUT2D eigenvalue weighted by molar-refractivity contribution is 5.97. The van der Waals surface area contributed by atoms with Crippen molar-refractivity contribution in [1.82, 2.24) is 34.6 Å². The van der Waals surface area contributed by atoms with Crippen molar-refractivity contribution < 1.29 is 14.3 Å². The fourth-order valence-electron chi connectivity index (χ4n) is 5.95. The van der Waals surface area contributed by atoms with Gasteiger partial charge in [0, 0.05) is 64.4 Å². The monoisotopic (exact) mass is 605 g/mol. The first-order chi connectivity index (χ1) is 21.1. The van der Waals surface area contributed by atoms with Gasteiger partial charge in [0.25, 0.3) is 5.91 Å². The van der Waals surface area contributed by atoms with Crippen molar-refractivity contribution in [3.8, 4) is 0 Å². The molecule has 12 nitrogen and oxygen atoms in total. The van der Waals surface area contributed by atoms with Crippen LogP contribution in [0.1, 0.15) is 75.8 Å². The van der Waals surface area contributed by atoms with Gasteiger partial charge < -0.3 is 29.7 Å². The molecule has 5 rings (SSSR count). The van der Waals surface area contributed by atoms with E-state index < -0.39 is 5.60 Å². The van der Waals surface area contributed by atoms with Crippen molar-refractivity contribution in [2.75, 3.05) is 63.6 Å². The molecule has 0 unspecified atom stereocenters. The normalized spacial score (nSPS) is 16.3. The molecule has 4 heterocycles. The summed E-state index contributed by atoms with van der Waals surface area (Å²) in [6, 6.07) is 6.23. The average molecular weight is 606 g/mol. The average Bonchev–Trinajstić information content (AvgIpc) is 3.64. The van der Waals surface area contributed by atoms with Crippen molar-refractivity contribution >= 4 is 40.5 Å². The number of pyridine rings is 1. The number of ether oxygens (including phenoxy) is 1. The summed E-state index contributed by atoms with van der Waals surface area (Å²) in [4.78, 5) is 45.2. The zero-order valence-electron chi connectivity index (χ0n) is 26.8. The minimum absolute atomic E-state index is 0.0184. The highest BCUT2D eigenvalue weighted by Gasteiger charge is 2.26. The van der Waals surface area contributed by atoms with Gasteiger partial charge in [0.05, 0.1) is 11.9 Å².